The first-order chi connectivity index (χ1) is 7.53. The molecule has 0 bridgehead atoms. The van der Waals surface area contributed by atoms with E-state index in [9.17, 15) is 9.59 Å². The third-order valence-electron chi connectivity index (χ3n) is 3.45. The molecule has 0 saturated carbocycles. The smallest absolute Gasteiger partial charge is 0.324 e. The first kappa shape index (κ1) is 11.4. The highest BCUT2D eigenvalue weighted by Gasteiger charge is 2.41. The van der Waals surface area contributed by atoms with Crippen molar-refractivity contribution in [3.8, 4) is 0 Å². The van der Waals surface area contributed by atoms with Crippen molar-refractivity contribution >= 4 is 11.9 Å². The van der Waals surface area contributed by atoms with E-state index >= 15 is 0 Å². The Labute approximate surface area is 95.1 Å². The molecule has 2 heterocycles. The third kappa shape index (κ3) is 1.91. The molecule has 3 amide bonds. The van der Waals surface area contributed by atoms with Crippen molar-refractivity contribution in [1.82, 2.24) is 10.2 Å². The Kier molecular flexibility index (Phi) is 2.88. The van der Waals surface area contributed by atoms with E-state index in [0.29, 0.717) is 13.2 Å². The molecule has 0 radical (unpaired) electrons. The summed E-state index contributed by atoms with van der Waals surface area (Å²) in [6, 6.07) is -0.281. The highest BCUT2D eigenvalue weighted by atomic mass is 16.5. The predicted molar refractivity (Wildman–Crippen MR) is 57.9 cm³/mol. The Morgan fingerprint density at radius 2 is 2.25 bits per heavy atom. The number of rotatable bonds is 1. The zero-order valence-corrected chi connectivity index (χ0v) is 9.78. The van der Waals surface area contributed by atoms with Crippen LogP contribution in [-0.4, -0.2) is 42.1 Å². The molecule has 0 aromatic heterocycles. The van der Waals surface area contributed by atoms with Crippen molar-refractivity contribution in [2.75, 3.05) is 19.8 Å². The lowest BCUT2D eigenvalue weighted by Crippen LogP contribution is -2.63. The molecule has 2 aliphatic heterocycles. The maximum Gasteiger partial charge on any atom is 0.324 e. The minimum Gasteiger partial charge on any atom is -0.379 e. The Balaban J connectivity index is 2.13. The van der Waals surface area contributed by atoms with Crippen LogP contribution in [0, 0.1) is 5.92 Å². The molecular weight excluding hydrogens is 208 g/mol. The molecule has 2 atom stereocenters. The number of imide groups is 1. The third-order valence-corrected chi connectivity index (χ3v) is 3.45. The van der Waals surface area contributed by atoms with E-state index in [-0.39, 0.29) is 23.4 Å². The summed E-state index contributed by atoms with van der Waals surface area (Å²) >= 11 is 0. The van der Waals surface area contributed by atoms with Crippen LogP contribution in [0.4, 0.5) is 4.79 Å². The molecule has 2 saturated heterocycles. The summed E-state index contributed by atoms with van der Waals surface area (Å²) in [5.74, 6) is -0.321. The number of urea groups is 1. The minimum atomic E-state index is -0.281. The van der Waals surface area contributed by atoms with Crippen LogP contribution in [0.15, 0.2) is 0 Å². The van der Waals surface area contributed by atoms with Crippen LogP contribution in [-0.2, 0) is 9.53 Å². The van der Waals surface area contributed by atoms with Crippen LogP contribution in [0.2, 0.25) is 0 Å². The fourth-order valence-corrected chi connectivity index (χ4v) is 2.33. The Morgan fingerprint density at radius 3 is 2.88 bits per heavy atom. The van der Waals surface area contributed by atoms with Gasteiger partial charge < -0.3 is 9.64 Å². The van der Waals surface area contributed by atoms with Gasteiger partial charge in [-0.25, -0.2) is 4.79 Å². The highest BCUT2D eigenvalue weighted by Crippen LogP contribution is 2.28. The van der Waals surface area contributed by atoms with Gasteiger partial charge in [-0.1, -0.05) is 6.92 Å². The van der Waals surface area contributed by atoms with Crippen LogP contribution >= 0.6 is 0 Å². The minimum absolute atomic E-state index is 0.142. The summed E-state index contributed by atoms with van der Waals surface area (Å²) in [6.45, 7) is 5.67. The van der Waals surface area contributed by atoms with Crippen molar-refractivity contribution < 1.29 is 14.3 Å². The fraction of sp³-hybridized carbons (Fsp3) is 0.818. The maximum atomic E-state index is 11.8. The number of carbonyl (C=O) groups is 2. The number of carbonyl (C=O) groups excluding carboxylic acids is 2. The fourth-order valence-electron chi connectivity index (χ4n) is 2.33. The summed E-state index contributed by atoms with van der Waals surface area (Å²) in [7, 11) is 0. The summed E-state index contributed by atoms with van der Waals surface area (Å²) in [6.07, 6.45) is 1.89. The van der Waals surface area contributed by atoms with Gasteiger partial charge in [0.2, 0.25) is 5.91 Å². The summed E-state index contributed by atoms with van der Waals surface area (Å²) in [4.78, 5) is 24.9. The molecule has 2 rings (SSSR count). The van der Waals surface area contributed by atoms with Crippen LogP contribution in [0.5, 0.6) is 0 Å². The van der Waals surface area contributed by atoms with Gasteiger partial charge in [0, 0.05) is 13.2 Å². The largest absolute Gasteiger partial charge is 0.379 e. The average Bonchev–Trinajstić information content (AvgIpc) is 2.24. The highest BCUT2D eigenvalue weighted by molar-refractivity contribution is 5.98. The Hall–Kier alpha value is -1.10. The van der Waals surface area contributed by atoms with Gasteiger partial charge in [-0.2, -0.15) is 0 Å². The number of hydrogen-bond donors (Lipinski definition) is 1. The topological polar surface area (TPSA) is 58.6 Å². The van der Waals surface area contributed by atoms with E-state index in [4.69, 9.17) is 4.74 Å². The lowest BCUT2D eigenvalue weighted by Gasteiger charge is -2.46. The molecule has 16 heavy (non-hydrogen) atoms. The Bertz CT molecular complexity index is 310. The standard InChI is InChI=1S/C11H18N2O3/c1-8-6-13(10(15)12-9(8)14)11(2)4-3-5-16-7-11/h8H,3-7H2,1-2H3,(H,12,14,15). The van der Waals surface area contributed by atoms with E-state index in [0.717, 1.165) is 19.4 Å². The molecule has 2 fully saturated rings. The van der Waals surface area contributed by atoms with Gasteiger partial charge in [0.25, 0.3) is 0 Å². The zero-order valence-electron chi connectivity index (χ0n) is 9.78. The molecule has 5 heteroatoms. The van der Waals surface area contributed by atoms with Gasteiger partial charge in [-0.15, -0.1) is 0 Å². The van der Waals surface area contributed by atoms with Crippen molar-refractivity contribution in [1.29, 1.82) is 0 Å². The molecular formula is C11H18N2O3. The quantitative estimate of drug-likeness (QED) is 0.717. The second-order valence-electron chi connectivity index (χ2n) is 4.96. The number of hydrogen-bond acceptors (Lipinski definition) is 3. The molecule has 0 aliphatic carbocycles. The summed E-state index contributed by atoms with van der Waals surface area (Å²) in [5.41, 5.74) is -0.267. The SMILES string of the molecule is CC1CN(C2(C)CCCOC2)C(=O)NC1=O. The Morgan fingerprint density at radius 1 is 1.50 bits per heavy atom. The summed E-state index contributed by atoms with van der Waals surface area (Å²) in [5, 5.41) is 2.39. The van der Waals surface area contributed by atoms with E-state index in [1.54, 1.807) is 4.90 Å². The molecule has 1 N–H and O–H groups in total. The summed E-state index contributed by atoms with van der Waals surface area (Å²) < 4.78 is 5.44. The van der Waals surface area contributed by atoms with Crippen LogP contribution in [0.3, 0.4) is 0 Å². The lowest BCUT2D eigenvalue weighted by molar-refractivity contribution is -0.127. The normalized spacial score (nSPS) is 36.1. The van der Waals surface area contributed by atoms with Gasteiger partial charge in [-0.05, 0) is 19.8 Å². The van der Waals surface area contributed by atoms with Crippen LogP contribution < -0.4 is 5.32 Å². The number of nitrogens with zero attached hydrogens (tertiary/aromatic N) is 1. The monoisotopic (exact) mass is 226 g/mol. The maximum absolute atomic E-state index is 11.8. The van der Waals surface area contributed by atoms with Gasteiger partial charge >= 0.3 is 6.03 Å². The van der Waals surface area contributed by atoms with Crippen LogP contribution in [0.25, 0.3) is 0 Å². The van der Waals surface area contributed by atoms with Crippen molar-refractivity contribution in [2.24, 2.45) is 5.92 Å². The predicted octanol–water partition coefficient (Wildman–Crippen LogP) is 0.743. The van der Waals surface area contributed by atoms with E-state index in [2.05, 4.69) is 5.32 Å². The first-order valence-electron chi connectivity index (χ1n) is 5.73. The van der Waals surface area contributed by atoms with E-state index < -0.39 is 0 Å². The van der Waals surface area contributed by atoms with Gasteiger partial charge in [-0.3, -0.25) is 10.1 Å². The van der Waals surface area contributed by atoms with Crippen LogP contribution in [0.1, 0.15) is 26.7 Å². The lowest BCUT2D eigenvalue weighted by atomic mass is 9.91. The zero-order chi connectivity index (χ0) is 11.8. The van der Waals surface area contributed by atoms with Crippen molar-refractivity contribution in [3.05, 3.63) is 0 Å². The first-order valence-corrected chi connectivity index (χ1v) is 5.73. The molecule has 0 aromatic carbocycles. The van der Waals surface area contributed by atoms with Gasteiger partial charge in [0.1, 0.15) is 0 Å². The number of nitrogens with one attached hydrogen (secondary N) is 1. The van der Waals surface area contributed by atoms with Gasteiger partial charge in [0.05, 0.1) is 18.1 Å². The molecule has 2 aliphatic rings. The molecule has 2 unspecified atom stereocenters. The van der Waals surface area contributed by atoms with E-state index in [1.165, 1.54) is 0 Å². The van der Waals surface area contributed by atoms with Gasteiger partial charge in [0.15, 0.2) is 0 Å². The second kappa shape index (κ2) is 4.05. The van der Waals surface area contributed by atoms with Crippen molar-refractivity contribution in [3.63, 3.8) is 0 Å². The number of amides is 3. The second-order valence-corrected chi connectivity index (χ2v) is 4.96. The molecule has 0 aromatic rings. The average molecular weight is 226 g/mol. The van der Waals surface area contributed by atoms with Crippen molar-refractivity contribution in [2.45, 2.75) is 32.2 Å². The van der Waals surface area contributed by atoms with E-state index in [1.807, 2.05) is 13.8 Å². The molecule has 0 spiro atoms. The molecule has 90 valence electrons. The molecule has 5 nitrogen and oxygen atoms in total. The number of ether oxygens (including phenoxy) is 1.